The predicted molar refractivity (Wildman–Crippen MR) is 139 cm³/mol. The lowest BCUT2D eigenvalue weighted by molar-refractivity contribution is -0.141. The first-order valence-corrected chi connectivity index (χ1v) is 12.9. The monoisotopic (exact) mass is 554 g/mol. The quantitative estimate of drug-likeness (QED) is 0.246. The van der Waals surface area contributed by atoms with E-state index in [1.807, 2.05) is 0 Å². The molecule has 39 heavy (non-hydrogen) atoms. The molecule has 1 saturated heterocycles. The summed E-state index contributed by atoms with van der Waals surface area (Å²) in [6.07, 6.45) is 0. The molecule has 0 aromatic heterocycles. The molecule has 0 spiro atoms. The summed E-state index contributed by atoms with van der Waals surface area (Å²) in [4.78, 5) is 48.3. The number of benzene rings is 3. The Labute approximate surface area is 226 Å². The van der Waals surface area contributed by atoms with Gasteiger partial charge in [0.1, 0.15) is 34.2 Å². The van der Waals surface area contributed by atoms with Gasteiger partial charge in [0.15, 0.2) is 12.4 Å². The van der Waals surface area contributed by atoms with Gasteiger partial charge >= 0.3 is 5.97 Å². The molecule has 1 aliphatic heterocycles. The van der Waals surface area contributed by atoms with Crippen molar-refractivity contribution in [2.75, 3.05) is 12.4 Å². The molecule has 0 aliphatic carbocycles. The van der Waals surface area contributed by atoms with E-state index in [-0.39, 0.29) is 17.4 Å². The van der Waals surface area contributed by atoms with Crippen molar-refractivity contribution >= 4 is 35.3 Å². The van der Waals surface area contributed by atoms with E-state index in [4.69, 9.17) is 9.84 Å². The van der Waals surface area contributed by atoms with Crippen LogP contribution in [-0.4, -0.2) is 52.3 Å². The third-order valence-electron chi connectivity index (χ3n) is 6.23. The minimum atomic E-state index is -1.17. The third kappa shape index (κ3) is 6.09. The Balaban J connectivity index is 1.53. The Bertz CT molecular complexity index is 1380. The normalized spacial score (nSPS) is 18.8. The van der Waals surface area contributed by atoms with E-state index in [9.17, 15) is 28.0 Å². The van der Waals surface area contributed by atoms with Crippen molar-refractivity contribution in [1.29, 1.82) is 0 Å². The fraction of sp³-hybridized carbons (Fsp3) is 0.214. The van der Waals surface area contributed by atoms with Gasteiger partial charge in [-0.3, -0.25) is 19.2 Å². The molecule has 1 fully saturated rings. The van der Waals surface area contributed by atoms with Crippen molar-refractivity contribution in [1.82, 2.24) is 10.6 Å². The highest BCUT2D eigenvalue weighted by atomic mass is 32.2. The number of ketones is 1. The average Bonchev–Trinajstić information content (AvgIpc) is 2.91. The summed E-state index contributed by atoms with van der Waals surface area (Å²) in [6.45, 7) is 0.930. The number of carbonyl (C=O) groups excluding carboxylic acids is 3. The summed E-state index contributed by atoms with van der Waals surface area (Å²) in [5, 5.41) is 13.4. The van der Waals surface area contributed by atoms with E-state index in [0.29, 0.717) is 22.4 Å². The van der Waals surface area contributed by atoms with E-state index < -0.39 is 46.9 Å². The number of amides is 2. The molecule has 202 valence electrons. The zero-order valence-electron chi connectivity index (χ0n) is 20.6. The van der Waals surface area contributed by atoms with Gasteiger partial charge in [0.05, 0.1) is 5.75 Å². The molecule has 3 aromatic rings. The number of aliphatic carboxylic acids is 1. The largest absolute Gasteiger partial charge is 0.484 e. The predicted octanol–water partition coefficient (Wildman–Crippen LogP) is 3.29. The summed E-state index contributed by atoms with van der Waals surface area (Å²) in [5.41, 5.74) is 0.479. The van der Waals surface area contributed by atoms with Crippen LogP contribution in [0.1, 0.15) is 28.4 Å². The van der Waals surface area contributed by atoms with Crippen LogP contribution in [-0.2, 0) is 19.9 Å². The van der Waals surface area contributed by atoms with Gasteiger partial charge < -0.3 is 20.5 Å². The molecule has 0 radical (unpaired) electrons. The molecular formula is C28H24F2N2O6S. The molecule has 2 amide bonds. The van der Waals surface area contributed by atoms with Gasteiger partial charge in [-0.25, -0.2) is 8.78 Å². The Morgan fingerprint density at radius 1 is 0.974 bits per heavy atom. The number of nitrogens with one attached hydrogen (secondary N) is 2. The van der Waals surface area contributed by atoms with Crippen molar-refractivity contribution in [2.45, 2.75) is 23.8 Å². The van der Waals surface area contributed by atoms with Crippen molar-refractivity contribution in [2.24, 2.45) is 0 Å². The van der Waals surface area contributed by atoms with Crippen molar-refractivity contribution < 1.29 is 37.8 Å². The number of hydrogen-bond donors (Lipinski definition) is 3. The number of β-lactam (4-membered cyclic amide) rings is 1. The van der Waals surface area contributed by atoms with E-state index in [1.54, 1.807) is 36.4 Å². The van der Waals surface area contributed by atoms with E-state index >= 15 is 0 Å². The standard InChI is InChI=1S/C28H24F2N2O6S/c1-16(27(36)37)31-24(34)14-38-22-12-6-19(7-13-22)28(18-4-10-21(30)11-5-18)25(26(35)32-28)39-15-23(33)17-2-8-20(29)9-3-17/h2-13,16,25H,14-15H2,1H3,(H,31,34)(H,32,35)(H,36,37)/t16-,25-,28-/m0/s1. The Kier molecular flexibility index (Phi) is 8.29. The fourth-order valence-electron chi connectivity index (χ4n) is 4.16. The van der Waals surface area contributed by atoms with Gasteiger partial charge in [0, 0.05) is 5.56 Å². The maximum atomic E-state index is 13.7. The van der Waals surface area contributed by atoms with Gasteiger partial charge in [-0.15, -0.1) is 11.8 Å². The lowest BCUT2D eigenvalue weighted by Gasteiger charge is -2.49. The number of thioether (sulfide) groups is 1. The highest BCUT2D eigenvalue weighted by molar-refractivity contribution is 8.01. The van der Waals surface area contributed by atoms with Gasteiger partial charge in [0.25, 0.3) is 5.91 Å². The first-order chi connectivity index (χ1) is 18.6. The summed E-state index contributed by atoms with van der Waals surface area (Å²) in [7, 11) is 0. The van der Waals surface area contributed by atoms with Crippen LogP contribution in [0.3, 0.4) is 0 Å². The van der Waals surface area contributed by atoms with Gasteiger partial charge in [-0.1, -0.05) is 24.3 Å². The molecule has 0 saturated carbocycles. The van der Waals surface area contributed by atoms with E-state index in [1.165, 1.54) is 43.3 Å². The maximum absolute atomic E-state index is 13.7. The number of hydrogen-bond acceptors (Lipinski definition) is 6. The Morgan fingerprint density at radius 3 is 2.05 bits per heavy atom. The lowest BCUT2D eigenvalue weighted by atomic mass is 9.74. The number of ether oxygens (including phenoxy) is 1. The van der Waals surface area contributed by atoms with Crippen LogP contribution in [0.25, 0.3) is 0 Å². The van der Waals surface area contributed by atoms with Crippen LogP contribution in [0.2, 0.25) is 0 Å². The highest BCUT2D eigenvalue weighted by Gasteiger charge is 2.56. The molecule has 1 aliphatic rings. The average molecular weight is 555 g/mol. The molecule has 3 N–H and O–H groups in total. The number of carboxylic acid groups (broad SMARTS) is 1. The van der Waals surface area contributed by atoms with Gasteiger partial charge in [-0.2, -0.15) is 0 Å². The number of rotatable bonds is 11. The molecule has 1 heterocycles. The minimum Gasteiger partial charge on any atom is -0.484 e. The molecule has 8 nitrogen and oxygen atoms in total. The number of carboxylic acids is 1. The number of halogens is 2. The van der Waals surface area contributed by atoms with Crippen LogP contribution in [0, 0.1) is 11.6 Å². The van der Waals surface area contributed by atoms with Crippen LogP contribution in [0.4, 0.5) is 8.78 Å². The molecule has 0 unspecified atom stereocenters. The first-order valence-electron chi connectivity index (χ1n) is 11.8. The second-order valence-corrected chi connectivity index (χ2v) is 9.96. The van der Waals surface area contributed by atoms with Crippen LogP contribution < -0.4 is 15.4 Å². The molecule has 4 rings (SSSR count). The van der Waals surface area contributed by atoms with Crippen molar-refractivity contribution in [3.8, 4) is 5.75 Å². The summed E-state index contributed by atoms with van der Waals surface area (Å²) >= 11 is 1.12. The first kappa shape index (κ1) is 27.8. The van der Waals surface area contributed by atoms with Crippen LogP contribution in [0.5, 0.6) is 5.75 Å². The molecule has 3 atom stereocenters. The molecule has 0 bridgehead atoms. The SMILES string of the molecule is C[C@H](NC(=O)COc1ccc([C@]2(c3ccc(F)cc3)NC(=O)[C@@H]2SCC(=O)c2ccc(F)cc2)cc1)C(=O)O. The van der Waals surface area contributed by atoms with Crippen molar-refractivity contribution in [3.63, 3.8) is 0 Å². The molecule has 3 aromatic carbocycles. The summed E-state index contributed by atoms with van der Waals surface area (Å²) in [5.74, 6) is -2.98. The second-order valence-electron chi connectivity index (χ2n) is 8.87. The number of carbonyl (C=O) groups is 4. The molecule has 11 heteroatoms. The lowest BCUT2D eigenvalue weighted by Crippen LogP contribution is -2.69. The smallest absolute Gasteiger partial charge is 0.325 e. The third-order valence-corrected chi connectivity index (χ3v) is 7.56. The number of Topliss-reactive ketones (excluding diaryl/α,β-unsaturated/α-hetero) is 1. The zero-order chi connectivity index (χ0) is 28.2. The van der Waals surface area contributed by atoms with E-state index in [2.05, 4.69) is 10.6 Å². The summed E-state index contributed by atoms with van der Waals surface area (Å²) < 4.78 is 32.4. The van der Waals surface area contributed by atoms with E-state index in [0.717, 1.165) is 11.8 Å². The van der Waals surface area contributed by atoms with Crippen molar-refractivity contribution in [3.05, 3.63) is 101 Å². The van der Waals surface area contributed by atoms with Crippen LogP contribution in [0.15, 0.2) is 72.8 Å². The zero-order valence-corrected chi connectivity index (χ0v) is 21.5. The fourth-order valence-corrected chi connectivity index (χ4v) is 5.43. The molecular weight excluding hydrogens is 530 g/mol. The minimum absolute atomic E-state index is 0.0439. The van der Waals surface area contributed by atoms with Crippen LogP contribution >= 0.6 is 11.8 Å². The Hall–Kier alpha value is -4.25. The highest BCUT2D eigenvalue weighted by Crippen LogP contribution is 2.45. The maximum Gasteiger partial charge on any atom is 0.325 e. The topological polar surface area (TPSA) is 122 Å². The second kappa shape index (κ2) is 11.6. The Morgan fingerprint density at radius 2 is 1.51 bits per heavy atom. The van der Waals surface area contributed by atoms with Gasteiger partial charge in [0.2, 0.25) is 5.91 Å². The summed E-state index contributed by atoms with van der Waals surface area (Å²) in [6, 6.07) is 16.3. The van der Waals surface area contributed by atoms with Gasteiger partial charge in [-0.05, 0) is 66.6 Å².